The maximum Gasteiger partial charge on any atom is 0.416 e. The Bertz CT molecular complexity index is 465. The maximum absolute atomic E-state index is 12.3. The van der Waals surface area contributed by atoms with Crippen LogP contribution in [0, 0.1) is 0 Å². The zero-order chi connectivity index (χ0) is 12.5. The summed E-state index contributed by atoms with van der Waals surface area (Å²) in [5, 5.41) is 2.86. The molecule has 6 heteroatoms. The molecule has 0 aromatic heterocycles. The van der Waals surface area contributed by atoms with Crippen LogP contribution in [0.5, 0.6) is 0 Å². The van der Waals surface area contributed by atoms with Crippen molar-refractivity contribution < 1.29 is 18.0 Å². The molecule has 1 heterocycles. The standard InChI is InChI=1S/C11H8F3NOS/c12-11(13,14)7-1-3-8(4-2-7)15-9-5-10(16)17-6-9/h1-5,15H,6H2. The molecule has 0 bridgehead atoms. The molecule has 17 heavy (non-hydrogen) atoms. The van der Waals surface area contributed by atoms with E-state index in [-0.39, 0.29) is 5.12 Å². The van der Waals surface area contributed by atoms with Gasteiger partial charge in [-0.15, -0.1) is 0 Å². The Hall–Kier alpha value is -1.43. The number of hydrogen-bond donors (Lipinski definition) is 1. The highest BCUT2D eigenvalue weighted by molar-refractivity contribution is 8.14. The van der Waals surface area contributed by atoms with Crippen LogP contribution < -0.4 is 5.32 Å². The number of hydrogen-bond acceptors (Lipinski definition) is 3. The Balaban J connectivity index is 2.09. The molecule has 0 spiro atoms. The summed E-state index contributed by atoms with van der Waals surface area (Å²) in [6, 6.07) is 4.70. The molecule has 1 aliphatic heterocycles. The van der Waals surface area contributed by atoms with Gasteiger partial charge in [-0.1, -0.05) is 11.8 Å². The molecule has 0 radical (unpaired) electrons. The summed E-state index contributed by atoms with van der Waals surface area (Å²) in [4.78, 5) is 10.9. The lowest BCUT2D eigenvalue weighted by Gasteiger charge is -2.09. The van der Waals surface area contributed by atoms with E-state index in [4.69, 9.17) is 0 Å². The maximum atomic E-state index is 12.3. The Kier molecular flexibility index (Phi) is 3.15. The van der Waals surface area contributed by atoms with Crippen molar-refractivity contribution in [2.24, 2.45) is 0 Å². The predicted molar refractivity (Wildman–Crippen MR) is 60.6 cm³/mol. The number of rotatable bonds is 2. The van der Waals surface area contributed by atoms with Crippen LogP contribution in [0.1, 0.15) is 5.56 Å². The molecule has 2 nitrogen and oxygen atoms in total. The average Bonchev–Trinajstić information content (AvgIpc) is 2.63. The SMILES string of the molecule is O=C1C=C(Nc2ccc(C(F)(F)F)cc2)CS1. The fourth-order valence-corrected chi connectivity index (χ4v) is 2.05. The molecular formula is C11H8F3NOS. The summed E-state index contributed by atoms with van der Waals surface area (Å²) in [5.74, 6) is 0.528. The topological polar surface area (TPSA) is 29.1 Å². The van der Waals surface area contributed by atoms with Crippen LogP contribution in [0.15, 0.2) is 36.0 Å². The highest BCUT2D eigenvalue weighted by Crippen LogP contribution is 2.30. The summed E-state index contributed by atoms with van der Waals surface area (Å²) in [6.45, 7) is 0. The van der Waals surface area contributed by atoms with E-state index < -0.39 is 11.7 Å². The van der Waals surface area contributed by atoms with Crippen LogP contribution in [0.25, 0.3) is 0 Å². The monoisotopic (exact) mass is 259 g/mol. The lowest BCUT2D eigenvalue weighted by Crippen LogP contribution is -2.05. The zero-order valence-electron chi connectivity index (χ0n) is 8.54. The van der Waals surface area contributed by atoms with Crippen molar-refractivity contribution in [2.45, 2.75) is 6.18 Å². The van der Waals surface area contributed by atoms with Gasteiger partial charge in [0.05, 0.1) is 5.56 Å². The van der Waals surface area contributed by atoms with Crippen molar-refractivity contribution in [1.29, 1.82) is 0 Å². The Labute approximate surface area is 99.9 Å². The molecule has 90 valence electrons. The van der Waals surface area contributed by atoms with Crippen molar-refractivity contribution in [3.05, 3.63) is 41.6 Å². The highest BCUT2D eigenvalue weighted by atomic mass is 32.2. The lowest BCUT2D eigenvalue weighted by molar-refractivity contribution is -0.137. The molecule has 0 unspecified atom stereocenters. The minimum absolute atomic E-state index is 0.0422. The van der Waals surface area contributed by atoms with Crippen LogP contribution in [0.4, 0.5) is 18.9 Å². The summed E-state index contributed by atoms with van der Waals surface area (Å²) in [7, 11) is 0. The zero-order valence-corrected chi connectivity index (χ0v) is 9.36. The second-order valence-corrected chi connectivity index (χ2v) is 4.46. The number of carbonyl (C=O) groups excluding carboxylic acids is 1. The number of benzene rings is 1. The van der Waals surface area contributed by atoms with Gasteiger partial charge >= 0.3 is 6.18 Å². The normalized spacial score (nSPS) is 15.9. The molecule has 0 fully saturated rings. The van der Waals surface area contributed by atoms with Gasteiger partial charge in [0.1, 0.15) is 0 Å². The average molecular weight is 259 g/mol. The number of carbonyl (C=O) groups is 1. The largest absolute Gasteiger partial charge is 0.416 e. The third-order valence-corrected chi connectivity index (χ3v) is 3.04. The Morgan fingerprint density at radius 2 is 1.82 bits per heavy atom. The molecule has 1 aromatic rings. The van der Waals surface area contributed by atoms with Gasteiger partial charge in [-0.25, -0.2) is 0 Å². The van der Waals surface area contributed by atoms with E-state index in [1.807, 2.05) is 0 Å². The van der Waals surface area contributed by atoms with E-state index in [2.05, 4.69) is 5.32 Å². The second kappa shape index (κ2) is 4.44. The Morgan fingerprint density at radius 3 is 2.29 bits per heavy atom. The predicted octanol–water partition coefficient (Wildman–Crippen LogP) is 3.27. The molecule has 0 saturated carbocycles. The number of anilines is 1. The molecule has 0 aliphatic carbocycles. The van der Waals surface area contributed by atoms with Crippen LogP contribution in [0.2, 0.25) is 0 Å². The van der Waals surface area contributed by atoms with Crippen LogP contribution >= 0.6 is 11.8 Å². The third-order valence-electron chi connectivity index (χ3n) is 2.18. The summed E-state index contributed by atoms with van der Waals surface area (Å²) >= 11 is 1.16. The van der Waals surface area contributed by atoms with Crippen molar-refractivity contribution in [3.63, 3.8) is 0 Å². The summed E-state index contributed by atoms with van der Waals surface area (Å²) in [6.07, 6.45) is -2.88. The van der Waals surface area contributed by atoms with Gasteiger partial charge in [0.25, 0.3) is 0 Å². The van der Waals surface area contributed by atoms with E-state index in [0.29, 0.717) is 17.1 Å². The van der Waals surface area contributed by atoms with E-state index in [1.54, 1.807) is 0 Å². The van der Waals surface area contributed by atoms with Crippen LogP contribution in [-0.4, -0.2) is 10.9 Å². The molecule has 1 N–H and O–H groups in total. The van der Waals surface area contributed by atoms with E-state index in [9.17, 15) is 18.0 Å². The first kappa shape index (κ1) is 12.0. The number of thioether (sulfide) groups is 1. The fraction of sp³-hybridized carbons (Fsp3) is 0.182. The van der Waals surface area contributed by atoms with Gasteiger partial charge in [-0.3, -0.25) is 4.79 Å². The molecular weight excluding hydrogens is 251 g/mol. The van der Waals surface area contributed by atoms with Crippen molar-refractivity contribution >= 4 is 22.6 Å². The number of halogens is 3. The van der Waals surface area contributed by atoms with Gasteiger partial charge < -0.3 is 5.32 Å². The third kappa shape index (κ3) is 3.03. The molecule has 0 amide bonds. The molecule has 0 atom stereocenters. The number of alkyl halides is 3. The second-order valence-electron chi connectivity index (χ2n) is 3.48. The van der Waals surface area contributed by atoms with Gasteiger partial charge in [0.2, 0.25) is 5.12 Å². The van der Waals surface area contributed by atoms with E-state index >= 15 is 0 Å². The first-order valence-corrected chi connectivity index (χ1v) is 5.75. The van der Waals surface area contributed by atoms with Gasteiger partial charge in [0, 0.05) is 23.2 Å². The summed E-state index contributed by atoms with van der Waals surface area (Å²) < 4.78 is 36.9. The van der Waals surface area contributed by atoms with Crippen LogP contribution in [-0.2, 0) is 11.0 Å². The first-order valence-electron chi connectivity index (χ1n) is 4.77. The minimum atomic E-state index is -4.32. The quantitative estimate of drug-likeness (QED) is 0.883. The molecule has 1 aliphatic rings. The lowest BCUT2D eigenvalue weighted by atomic mass is 10.2. The van der Waals surface area contributed by atoms with Gasteiger partial charge in [-0.05, 0) is 24.3 Å². The summed E-state index contributed by atoms with van der Waals surface area (Å²) in [5.41, 5.74) is 0.563. The van der Waals surface area contributed by atoms with E-state index in [0.717, 1.165) is 23.9 Å². The smallest absolute Gasteiger partial charge is 0.358 e. The molecule has 2 rings (SSSR count). The van der Waals surface area contributed by atoms with Gasteiger partial charge in [0.15, 0.2) is 0 Å². The van der Waals surface area contributed by atoms with Crippen molar-refractivity contribution in [2.75, 3.05) is 11.1 Å². The molecule has 1 aromatic carbocycles. The van der Waals surface area contributed by atoms with E-state index in [1.165, 1.54) is 18.2 Å². The Morgan fingerprint density at radius 1 is 1.18 bits per heavy atom. The molecule has 0 saturated heterocycles. The minimum Gasteiger partial charge on any atom is -0.358 e. The van der Waals surface area contributed by atoms with Crippen molar-refractivity contribution in [3.8, 4) is 0 Å². The number of nitrogens with one attached hydrogen (secondary N) is 1. The van der Waals surface area contributed by atoms with Crippen molar-refractivity contribution in [1.82, 2.24) is 0 Å². The van der Waals surface area contributed by atoms with Gasteiger partial charge in [-0.2, -0.15) is 13.2 Å². The highest BCUT2D eigenvalue weighted by Gasteiger charge is 2.29. The first-order chi connectivity index (χ1) is 7.95. The fourth-order valence-electron chi connectivity index (χ4n) is 1.37. The van der Waals surface area contributed by atoms with Crippen LogP contribution in [0.3, 0.4) is 0 Å².